The van der Waals surface area contributed by atoms with Crippen LogP contribution < -0.4 is 10.0 Å². The summed E-state index contributed by atoms with van der Waals surface area (Å²) in [4.78, 5) is 19.1. The Kier molecular flexibility index (Phi) is 7.09. The zero-order chi connectivity index (χ0) is 28.3. The highest BCUT2D eigenvalue weighted by Crippen LogP contribution is 2.41. The fraction of sp³-hybridized carbons (Fsp3) is 0.462. The van der Waals surface area contributed by atoms with Crippen molar-refractivity contribution in [2.45, 2.75) is 44.9 Å². The van der Waals surface area contributed by atoms with Crippen LogP contribution in [0.4, 0.5) is 18.9 Å². The van der Waals surface area contributed by atoms with Gasteiger partial charge in [-0.25, -0.2) is 13.4 Å². The van der Waals surface area contributed by atoms with E-state index in [1.165, 1.54) is 19.1 Å². The topological polar surface area (TPSA) is 96.3 Å². The number of halogens is 4. The molecular formula is C26H29ClF3N5O3S. The normalized spacial score (nSPS) is 22.0. The molecule has 2 aliphatic rings. The number of carbonyl (C=O) groups excluding carboxylic acids is 1. The van der Waals surface area contributed by atoms with Crippen LogP contribution in [0.15, 0.2) is 30.3 Å². The summed E-state index contributed by atoms with van der Waals surface area (Å²) < 4.78 is 69.4. The van der Waals surface area contributed by atoms with Crippen molar-refractivity contribution >= 4 is 44.3 Å². The highest BCUT2D eigenvalue weighted by Gasteiger charge is 2.44. The van der Waals surface area contributed by atoms with Gasteiger partial charge in [0.1, 0.15) is 11.3 Å². The molecule has 2 aliphatic heterocycles. The SMILES string of the molecule is CCS(=O)(=O)Nc1cc(C2CN(C)C(=O)C3NCCC32)cc2c1nc(C)n2Cc1ccc(C(F)(F)F)c(Cl)c1. The number of anilines is 1. The molecule has 39 heavy (non-hydrogen) atoms. The van der Waals surface area contributed by atoms with Crippen LogP contribution in [0.1, 0.15) is 41.8 Å². The number of fused-ring (bicyclic) bond motifs is 2. The van der Waals surface area contributed by atoms with Crippen molar-refractivity contribution in [1.82, 2.24) is 19.8 Å². The van der Waals surface area contributed by atoms with Crippen LogP contribution in [-0.2, 0) is 27.5 Å². The van der Waals surface area contributed by atoms with Crippen LogP contribution in [0, 0.1) is 12.8 Å². The summed E-state index contributed by atoms with van der Waals surface area (Å²) in [5.41, 5.74) is 1.90. The number of carbonyl (C=O) groups is 1. The summed E-state index contributed by atoms with van der Waals surface area (Å²) in [7, 11) is -1.88. The first-order valence-corrected chi connectivity index (χ1v) is 14.7. The Labute approximate surface area is 229 Å². The molecule has 0 bridgehead atoms. The van der Waals surface area contributed by atoms with Crippen molar-refractivity contribution in [3.63, 3.8) is 0 Å². The average Bonchev–Trinajstić information content (AvgIpc) is 3.46. The number of sulfonamides is 1. The lowest BCUT2D eigenvalue weighted by Gasteiger charge is -2.38. The number of aryl methyl sites for hydroxylation is 1. The number of nitrogens with zero attached hydrogens (tertiary/aromatic N) is 3. The molecule has 2 saturated heterocycles. The van der Waals surface area contributed by atoms with Gasteiger partial charge in [0, 0.05) is 26.1 Å². The third-order valence-corrected chi connectivity index (χ3v) is 9.32. The number of amides is 1. The maximum absolute atomic E-state index is 13.2. The van der Waals surface area contributed by atoms with E-state index in [0.717, 1.165) is 18.1 Å². The molecule has 1 aromatic heterocycles. The highest BCUT2D eigenvalue weighted by atomic mass is 35.5. The van der Waals surface area contributed by atoms with Crippen LogP contribution in [0.25, 0.3) is 11.0 Å². The first-order chi connectivity index (χ1) is 18.3. The maximum Gasteiger partial charge on any atom is 0.417 e. The Morgan fingerprint density at radius 2 is 1.97 bits per heavy atom. The number of alkyl halides is 3. The number of rotatable bonds is 6. The van der Waals surface area contributed by atoms with Crippen molar-refractivity contribution in [2.24, 2.45) is 5.92 Å². The summed E-state index contributed by atoms with van der Waals surface area (Å²) in [6.45, 7) is 4.68. The van der Waals surface area contributed by atoms with Crippen molar-refractivity contribution in [3.05, 3.63) is 57.9 Å². The van der Waals surface area contributed by atoms with Crippen LogP contribution in [0.3, 0.4) is 0 Å². The Hall–Kier alpha value is -2.83. The largest absolute Gasteiger partial charge is 0.417 e. The minimum Gasteiger partial charge on any atom is -0.344 e. The fourth-order valence-electron chi connectivity index (χ4n) is 5.70. The molecule has 3 aromatic rings. The van der Waals surface area contributed by atoms with Gasteiger partial charge in [-0.15, -0.1) is 0 Å². The second-order valence-corrected chi connectivity index (χ2v) is 12.6. The van der Waals surface area contributed by atoms with Crippen molar-refractivity contribution in [2.75, 3.05) is 30.6 Å². The van der Waals surface area contributed by atoms with Crippen LogP contribution in [0.2, 0.25) is 5.02 Å². The summed E-state index contributed by atoms with van der Waals surface area (Å²) in [5.74, 6) is 0.477. The molecule has 3 heterocycles. The molecule has 3 unspecified atom stereocenters. The number of imidazole rings is 1. The Bertz CT molecular complexity index is 1560. The number of likely N-dealkylation sites (tertiary alicyclic amines) is 1. The molecule has 2 N–H and O–H groups in total. The van der Waals surface area contributed by atoms with Gasteiger partial charge in [-0.2, -0.15) is 13.2 Å². The lowest BCUT2D eigenvalue weighted by atomic mass is 9.77. The first-order valence-electron chi connectivity index (χ1n) is 12.6. The van der Waals surface area contributed by atoms with Crippen molar-refractivity contribution in [3.8, 4) is 0 Å². The van der Waals surface area contributed by atoms with Gasteiger partial charge in [0.05, 0.1) is 33.6 Å². The molecule has 13 heteroatoms. The predicted molar refractivity (Wildman–Crippen MR) is 143 cm³/mol. The number of likely N-dealkylation sites (N-methyl/N-ethyl adjacent to an activating group) is 1. The van der Waals surface area contributed by atoms with Gasteiger partial charge in [-0.3, -0.25) is 9.52 Å². The van der Waals surface area contributed by atoms with Crippen LogP contribution in [0.5, 0.6) is 0 Å². The third kappa shape index (κ3) is 5.21. The van der Waals surface area contributed by atoms with Gasteiger partial charge in [0.2, 0.25) is 15.9 Å². The number of hydrogen-bond donors (Lipinski definition) is 2. The molecule has 0 aliphatic carbocycles. The monoisotopic (exact) mass is 583 g/mol. The quantitative estimate of drug-likeness (QED) is 0.450. The van der Waals surface area contributed by atoms with Crippen LogP contribution in [-0.4, -0.2) is 60.7 Å². The number of hydrogen-bond acceptors (Lipinski definition) is 5. The summed E-state index contributed by atoms with van der Waals surface area (Å²) in [5, 5.41) is 2.90. The zero-order valence-corrected chi connectivity index (χ0v) is 23.2. The van der Waals surface area contributed by atoms with E-state index in [9.17, 15) is 26.4 Å². The van der Waals surface area contributed by atoms with Gasteiger partial charge in [0.25, 0.3) is 0 Å². The molecule has 0 radical (unpaired) electrons. The third-order valence-electron chi connectivity index (χ3n) is 7.72. The lowest BCUT2D eigenvalue weighted by molar-refractivity contribution is -0.137. The summed E-state index contributed by atoms with van der Waals surface area (Å²) >= 11 is 5.97. The van der Waals surface area contributed by atoms with E-state index in [4.69, 9.17) is 11.6 Å². The van der Waals surface area contributed by atoms with Gasteiger partial charge in [-0.05, 0) is 68.1 Å². The molecule has 1 amide bonds. The second-order valence-electron chi connectivity index (χ2n) is 10.2. The van der Waals surface area contributed by atoms with E-state index in [0.29, 0.717) is 41.2 Å². The zero-order valence-electron chi connectivity index (χ0n) is 21.6. The number of piperidine rings is 1. The lowest BCUT2D eigenvalue weighted by Crippen LogP contribution is -2.52. The van der Waals surface area contributed by atoms with Crippen molar-refractivity contribution in [1.29, 1.82) is 0 Å². The molecule has 5 rings (SSSR count). The van der Waals surface area contributed by atoms with E-state index in [1.807, 2.05) is 10.6 Å². The van der Waals surface area contributed by atoms with Gasteiger partial charge >= 0.3 is 6.18 Å². The minimum absolute atomic E-state index is 0.0433. The van der Waals surface area contributed by atoms with E-state index in [1.54, 1.807) is 24.9 Å². The number of benzene rings is 2. The molecule has 210 valence electrons. The Morgan fingerprint density at radius 3 is 2.64 bits per heavy atom. The first kappa shape index (κ1) is 27.7. The maximum atomic E-state index is 13.2. The Morgan fingerprint density at radius 1 is 1.23 bits per heavy atom. The predicted octanol–water partition coefficient (Wildman–Crippen LogP) is 4.36. The average molecular weight is 584 g/mol. The molecule has 0 saturated carbocycles. The van der Waals surface area contributed by atoms with Crippen LogP contribution >= 0.6 is 11.6 Å². The molecule has 2 fully saturated rings. The van der Waals surface area contributed by atoms with Crippen molar-refractivity contribution < 1.29 is 26.4 Å². The number of aromatic nitrogens is 2. The summed E-state index contributed by atoms with van der Waals surface area (Å²) in [6.07, 6.45) is -3.75. The molecule has 8 nitrogen and oxygen atoms in total. The van der Waals surface area contributed by atoms with Gasteiger partial charge in [0.15, 0.2) is 0 Å². The highest BCUT2D eigenvalue weighted by molar-refractivity contribution is 7.92. The fourth-order valence-corrected chi connectivity index (χ4v) is 6.64. The number of nitrogens with one attached hydrogen (secondary N) is 2. The Balaban J connectivity index is 1.63. The van der Waals surface area contributed by atoms with E-state index in [2.05, 4.69) is 15.0 Å². The van der Waals surface area contributed by atoms with E-state index < -0.39 is 26.8 Å². The smallest absolute Gasteiger partial charge is 0.344 e. The van der Waals surface area contributed by atoms with E-state index in [-0.39, 0.29) is 36.1 Å². The minimum atomic E-state index is -4.56. The second kappa shape index (κ2) is 9.97. The molecular weight excluding hydrogens is 555 g/mol. The molecule has 3 atom stereocenters. The van der Waals surface area contributed by atoms with Gasteiger partial charge < -0.3 is 14.8 Å². The summed E-state index contributed by atoms with van der Waals surface area (Å²) in [6, 6.07) is 7.07. The molecule has 2 aromatic carbocycles. The molecule has 0 spiro atoms. The van der Waals surface area contributed by atoms with E-state index >= 15 is 0 Å². The van der Waals surface area contributed by atoms with Gasteiger partial charge in [-0.1, -0.05) is 17.7 Å². The standard InChI is InChI=1S/C26H29ClF3N5O3S/c1-4-39(37,38)33-21-10-16(18-13-34(3)25(36)23-17(18)7-8-31-23)11-22-24(21)32-14(2)35(22)12-15-5-6-19(20(27)9-15)26(28,29)30/h5-6,9-11,17-18,23,31,33H,4,7-8,12-13H2,1-3H3.